The molecule has 0 saturated carbocycles. The minimum atomic E-state index is -2.09. The normalized spacial score (nSPS) is 18.1. The molecule has 22 heavy (non-hydrogen) atoms. The van der Waals surface area contributed by atoms with Crippen molar-refractivity contribution in [2.24, 2.45) is 0 Å². The van der Waals surface area contributed by atoms with Gasteiger partial charge in [-0.3, -0.25) is 4.79 Å². The van der Waals surface area contributed by atoms with Gasteiger partial charge in [-0.25, -0.2) is 0 Å². The van der Waals surface area contributed by atoms with Gasteiger partial charge in [0.1, 0.15) is 24.4 Å². The highest BCUT2D eigenvalue weighted by Gasteiger charge is 2.37. The summed E-state index contributed by atoms with van der Waals surface area (Å²) in [6.07, 6.45) is -9.89. The average molecular weight is 316 g/mol. The number of hydrogen-bond acceptors (Lipinski definition) is 8. The van der Waals surface area contributed by atoms with E-state index in [0.29, 0.717) is 0 Å². The molecule has 1 rings (SSSR count). The number of carbonyl (C=O) groups is 1. The van der Waals surface area contributed by atoms with Crippen LogP contribution < -0.4 is 11.1 Å². The maximum atomic E-state index is 11.8. The van der Waals surface area contributed by atoms with Crippen LogP contribution in [0.3, 0.4) is 0 Å². The molecule has 0 bridgehead atoms. The number of para-hydroxylation sites is 2. The van der Waals surface area contributed by atoms with E-state index in [2.05, 4.69) is 5.32 Å². The van der Waals surface area contributed by atoms with Crippen molar-refractivity contribution in [3.63, 3.8) is 0 Å². The van der Waals surface area contributed by atoms with E-state index < -0.39 is 43.0 Å². The van der Waals surface area contributed by atoms with E-state index in [-0.39, 0.29) is 11.4 Å². The first-order chi connectivity index (χ1) is 10.3. The number of nitrogens with two attached hydrogens (primary N) is 1. The van der Waals surface area contributed by atoms with E-state index >= 15 is 0 Å². The van der Waals surface area contributed by atoms with Gasteiger partial charge in [-0.2, -0.15) is 0 Å². The third kappa shape index (κ3) is 4.37. The SMILES string of the molecule is Nc1ccccc1NC(=O)[C@H](O)[C@H](O)[C@@H](O)[C@H](O)[C@@H](O)CO. The van der Waals surface area contributed by atoms with Crippen LogP contribution in [0.25, 0.3) is 0 Å². The number of rotatable bonds is 7. The molecule has 0 aliphatic rings. The monoisotopic (exact) mass is 316 g/mol. The predicted molar refractivity (Wildman–Crippen MR) is 76.6 cm³/mol. The van der Waals surface area contributed by atoms with Gasteiger partial charge in [0.25, 0.3) is 5.91 Å². The van der Waals surface area contributed by atoms with Crippen molar-refractivity contribution in [3.8, 4) is 0 Å². The number of anilines is 2. The first-order valence-corrected chi connectivity index (χ1v) is 6.46. The fourth-order valence-electron chi connectivity index (χ4n) is 1.70. The molecule has 0 spiro atoms. The van der Waals surface area contributed by atoms with Crippen molar-refractivity contribution in [1.29, 1.82) is 0 Å². The molecule has 9 nitrogen and oxygen atoms in total. The number of benzene rings is 1. The molecule has 0 unspecified atom stereocenters. The maximum absolute atomic E-state index is 11.8. The number of nitrogens with one attached hydrogen (secondary N) is 1. The molecule has 0 saturated heterocycles. The summed E-state index contributed by atoms with van der Waals surface area (Å²) in [6.45, 7) is -0.867. The van der Waals surface area contributed by atoms with E-state index in [1.807, 2.05) is 0 Å². The number of amides is 1. The lowest BCUT2D eigenvalue weighted by molar-refractivity contribution is -0.153. The van der Waals surface area contributed by atoms with E-state index in [1.54, 1.807) is 12.1 Å². The van der Waals surface area contributed by atoms with Gasteiger partial charge >= 0.3 is 0 Å². The second-order valence-corrected chi connectivity index (χ2v) is 4.74. The Morgan fingerprint density at radius 1 is 1.05 bits per heavy atom. The molecule has 9 heteroatoms. The molecule has 9 N–H and O–H groups in total. The lowest BCUT2D eigenvalue weighted by Gasteiger charge is -2.28. The van der Waals surface area contributed by atoms with Crippen molar-refractivity contribution < 1.29 is 35.4 Å². The highest BCUT2D eigenvalue weighted by atomic mass is 16.4. The van der Waals surface area contributed by atoms with Crippen LogP contribution in [0.15, 0.2) is 24.3 Å². The summed E-state index contributed by atoms with van der Waals surface area (Å²) in [5, 5.41) is 58.5. The van der Waals surface area contributed by atoms with Crippen LogP contribution in [0.5, 0.6) is 0 Å². The van der Waals surface area contributed by atoms with Crippen LogP contribution >= 0.6 is 0 Å². The number of carbonyl (C=O) groups excluding carboxylic acids is 1. The Labute approximate surface area is 126 Å². The second kappa shape index (κ2) is 8.03. The molecule has 5 atom stereocenters. The highest BCUT2D eigenvalue weighted by Crippen LogP contribution is 2.18. The van der Waals surface area contributed by atoms with Crippen molar-refractivity contribution in [2.75, 3.05) is 17.7 Å². The standard InChI is InChI=1S/C13H20N2O7/c14-6-3-1-2-4-7(6)15-13(22)12(21)11(20)10(19)9(18)8(17)5-16/h1-4,8-12,16-21H,5,14H2,(H,15,22)/t8-,9+,10-,11+,12+/m0/s1. The Morgan fingerprint density at radius 2 is 1.64 bits per heavy atom. The predicted octanol–water partition coefficient (Wildman–Crippen LogP) is -3.00. The molecule has 0 heterocycles. The zero-order valence-electron chi connectivity index (χ0n) is 11.6. The summed E-state index contributed by atoms with van der Waals surface area (Å²) < 4.78 is 0. The zero-order valence-corrected chi connectivity index (χ0v) is 11.6. The van der Waals surface area contributed by atoms with E-state index in [1.165, 1.54) is 12.1 Å². The van der Waals surface area contributed by atoms with Gasteiger partial charge in [-0.1, -0.05) is 12.1 Å². The Balaban J connectivity index is 2.71. The molecule has 0 radical (unpaired) electrons. The maximum Gasteiger partial charge on any atom is 0.256 e. The molecular weight excluding hydrogens is 296 g/mol. The Morgan fingerprint density at radius 3 is 2.18 bits per heavy atom. The molecule has 124 valence electrons. The van der Waals surface area contributed by atoms with Crippen LogP contribution in [0.2, 0.25) is 0 Å². The van der Waals surface area contributed by atoms with Crippen molar-refractivity contribution in [2.45, 2.75) is 30.5 Å². The lowest BCUT2D eigenvalue weighted by Crippen LogP contribution is -2.52. The molecule has 1 amide bonds. The van der Waals surface area contributed by atoms with Crippen LogP contribution in [-0.4, -0.2) is 73.7 Å². The van der Waals surface area contributed by atoms with Gasteiger partial charge < -0.3 is 41.7 Å². The summed E-state index contributed by atoms with van der Waals surface area (Å²) in [6, 6.07) is 6.19. The fourth-order valence-corrected chi connectivity index (χ4v) is 1.70. The number of nitrogen functional groups attached to an aromatic ring is 1. The third-order valence-corrected chi connectivity index (χ3v) is 3.09. The lowest BCUT2D eigenvalue weighted by atomic mass is 9.99. The Bertz CT molecular complexity index is 499. The Kier molecular flexibility index (Phi) is 6.68. The third-order valence-electron chi connectivity index (χ3n) is 3.09. The zero-order chi connectivity index (χ0) is 16.9. The molecule has 1 aromatic rings. The van der Waals surface area contributed by atoms with Crippen molar-refractivity contribution >= 4 is 17.3 Å². The summed E-state index contributed by atoms with van der Waals surface area (Å²) in [4.78, 5) is 11.8. The first-order valence-electron chi connectivity index (χ1n) is 6.46. The molecule has 0 fully saturated rings. The van der Waals surface area contributed by atoms with Crippen LogP contribution in [0, 0.1) is 0 Å². The second-order valence-electron chi connectivity index (χ2n) is 4.74. The fraction of sp³-hybridized carbons (Fsp3) is 0.462. The van der Waals surface area contributed by atoms with Crippen LogP contribution in [-0.2, 0) is 4.79 Å². The quantitative estimate of drug-likeness (QED) is 0.245. The smallest absolute Gasteiger partial charge is 0.256 e. The first kappa shape index (κ1) is 18.3. The van der Waals surface area contributed by atoms with E-state index in [0.717, 1.165) is 0 Å². The Hall–Kier alpha value is -1.75. The molecule has 1 aromatic carbocycles. The molecule has 0 aliphatic heterocycles. The van der Waals surface area contributed by atoms with Gasteiger partial charge in [-0.05, 0) is 12.1 Å². The van der Waals surface area contributed by atoms with E-state index in [4.69, 9.17) is 15.9 Å². The van der Waals surface area contributed by atoms with Crippen molar-refractivity contribution in [3.05, 3.63) is 24.3 Å². The largest absolute Gasteiger partial charge is 0.397 e. The number of aliphatic hydroxyl groups is 6. The number of aliphatic hydroxyl groups excluding tert-OH is 6. The topological polar surface area (TPSA) is 176 Å². The van der Waals surface area contributed by atoms with Gasteiger partial charge in [0.15, 0.2) is 6.10 Å². The number of hydrogen-bond donors (Lipinski definition) is 8. The summed E-state index contributed by atoms with van der Waals surface area (Å²) in [5.41, 5.74) is 6.03. The summed E-state index contributed by atoms with van der Waals surface area (Å²) in [5.74, 6) is -1.06. The summed E-state index contributed by atoms with van der Waals surface area (Å²) in [7, 11) is 0. The van der Waals surface area contributed by atoms with Gasteiger partial charge in [-0.15, -0.1) is 0 Å². The van der Waals surface area contributed by atoms with Crippen LogP contribution in [0.4, 0.5) is 11.4 Å². The minimum Gasteiger partial charge on any atom is -0.397 e. The van der Waals surface area contributed by atoms with E-state index in [9.17, 15) is 25.2 Å². The molecule has 0 aromatic heterocycles. The highest BCUT2D eigenvalue weighted by molar-refractivity contribution is 5.96. The molecule has 0 aliphatic carbocycles. The summed E-state index contributed by atoms with van der Waals surface area (Å²) >= 11 is 0. The van der Waals surface area contributed by atoms with Gasteiger partial charge in [0.05, 0.1) is 18.0 Å². The van der Waals surface area contributed by atoms with Crippen molar-refractivity contribution in [1.82, 2.24) is 0 Å². The van der Waals surface area contributed by atoms with Gasteiger partial charge in [0, 0.05) is 0 Å². The molecular formula is C13H20N2O7. The average Bonchev–Trinajstić information content (AvgIpc) is 2.53. The van der Waals surface area contributed by atoms with Crippen LogP contribution in [0.1, 0.15) is 0 Å². The van der Waals surface area contributed by atoms with Gasteiger partial charge in [0.2, 0.25) is 0 Å². The minimum absolute atomic E-state index is 0.198.